The third kappa shape index (κ3) is 3.36. The van der Waals surface area contributed by atoms with Crippen LogP contribution in [0.25, 0.3) is 0 Å². The smallest absolute Gasteiger partial charge is 0.228 e. The molecule has 0 radical (unpaired) electrons. The van der Waals surface area contributed by atoms with Gasteiger partial charge in [0.05, 0.1) is 0 Å². The van der Waals surface area contributed by atoms with E-state index in [4.69, 9.17) is 11.6 Å². The zero-order valence-electron chi connectivity index (χ0n) is 7.54. The van der Waals surface area contributed by atoms with Crippen molar-refractivity contribution in [1.82, 2.24) is 15.0 Å². The molecule has 1 rings (SSSR count). The molecule has 0 aliphatic carbocycles. The summed E-state index contributed by atoms with van der Waals surface area (Å²) < 4.78 is 0. The third-order valence-corrected chi connectivity index (χ3v) is 2.47. The largest absolute Gasteiger partial charge is 0.357 e. The highest BCUT2D eigenvalue weighted by Crippen LogP contribution is 2.16. The maximum Gasteiger partial charge on any atom is 0.228 e. The Morgan fingerprint density at radius 3 is 2.77 bits per heavy atom. The second-order valence-electron chi connectivity index (χ2n) is 2.31. The van der Waals surface area contributed by atoms with E-state index >= 15 is 0 Å². The predicted octanol–water partition coefficient (Wildman–Crippen LogP) is 2.07. The molecule has 0 aliphatic heterocycles. The summed E-state index contributed by atoms with van der Waals surface area (Å²) in [4.78, 5) is 12.0. The van der Waals surface area contributed by atoms with E-state index in [1.54, 1.807) is 18.8 Å². The van der Waals surface area contributed by atoms with Crippen LogP contribution in [0.15, 0.2) is 5.16 Å². The van der Waals surface area contributed by atoms with Gasteiger partial charge < -0.3 is 5.32 Å². The van der Waals surface area contributed by atoms with Crippen molar-refractivity contribution in [2.75, 3.05) is 18.1 Å². The number of nitrogens with one attached hydrogen (secondary N) is 1. The van der Waals surface area contributed by atoms with Crippen LogP contribution in [0.2, 0.25) is 5.28 Å². The first kappa shape index (κ1) is 10.5. The first-order valence-corrected chi connectivity index (χ1v) is 5.34. The summed E-state index contributed by atoms with van der Waals surface area (Å²) >= 11 is 7.27. The number of aromatic nitrogens is 3. The number of thioether (sulfide) groups is 1. The van der Waals surface area contributed by atoms with Crippen LogP contribution in [0.3, 0.4) is 0 Å². The van der Waals surface area contributed by atoms with E-state index in [9.17, 15) is 0 Å². The average Bonchev–Trinajstić information content (AvgIpc) is 2.14. The second-order valence-corrected chi connectivity index (χ2v) is 3.71. The Hall–Kier alpha value is -0.550. The Morgan fingerprint density at radius 2 is 2.15 bits per heavy atom. The number of halogens is 1. The van der Waals surface area contributed by atoms with Crippen molar-refractivity contribution in [3.63, 3.8) is 0 Å². The summed E-state index contributed by atoms with van der Waals surface area (Å²) in [6.45, 7) is 2.11. The molecule has 0 bridgehead atoms. The zero-order valence-corrected chi connectivity index (χ0v) is 9.11. The minimum atomic E-state index is 0.234. The molecule has 0 unspecified atom stereocenters. The van der Waals surface area contributed by atoms with E-state index in [1.807, 2.05) is 0 Å². The molecule has 0 aliphatic rings. The Kier molecular flexibility index (Phi) is 4.24. The van der Waals surface area contributed by atoms with E-state index in [0.29, 0.717) is 11.1 Å². The highest BCUT2D eigenvalue weighted by Gasteiger charge is 2.02. The van der Waals surface area contributed by atoms with E-state index in [-0.39, 0.29) is 5.28 Å². The van der Waals surface area contributed by atoms with Crippen molar-refractivity contribution >= 4 is 29.3 Å². The highest BCUT2D eigenvalue weighted by molar-refractivity contribution is 7.99. The Balaban J connectivity index is 2.76. The summed E-state index contributed by atoms with van der Waals surface area (Å²) in [5, 5.41) is 3.73. The maximum atomic E-state index is 5.69. The van der Waals surface area contributed by atoms with Gasteiger partial charge in [0.1, 0.15) is 0 Å². The van der Waals surface area contributed by atoms with Crippen LogP contribution >= 0.6 is 23.4 Å². The van der Waals surface area contributed by atoms with E-state index in [1.165, 1.54) is 0 Å². The summed E-state index contributed by atoms with van der Waals surface area (Å²) in [5.41, 5.74) is 0. The maximum absolute atomic E-state index is 5.69. The molecule has 0 aromatic carbocycles. The average molecular weight is 219 g/mol. The molecule has 0 atom stereocenters. The summed E-state index contributed by atoms with van der Waals surface area (Å²) in [5.74, 6) is 1.50. The lowest BCUT2D eigenvalue weighted by atomic mass is 10.6. The molecule has 1 aromatic rings. The predicted molar refractivity (Wildman–Crippen MR) is 55.4 cm³/mol. The molecule has 0 saturated carbocycles. The topological polar surface area (TPSA) is 50.7 Å². The molecular weight excluding hydrogens is 208 g/mol. The van der Waals surface area contributed by atoms with Gasteiger partial charge in [-0.2, -0.15) is 15.0 Å². The van der Waals surface area contributed by atoms with Crippen molar-refractivity contribution in [1.29, 1.82) is 0 Å². The molecule has 0 spiro atoms. The molecule has 0 saturated heterocycles. The molecule has 72 valence electrons. The van der Waals surface area contributed by atoms with Crippen LogP contribution in [0.4, 0.5) is 5.95 Å². The van der Waals surface area contributed by atoms with Crippen molar-refractivity contribution in [2.45, 2.75) is 18.5 Å². The van der Waals surface area contributed by atoms with Gasteiger partial charge in [-0.05, 0) is 18.0 Å². The van der Waals surface area contributed by atoms with E-state index in [2.05, 4.69) is 27.2 Å². The van der Waals surface area contributed by atoms with Gasteiger partial charge in [0.2, 0.25) is 11.2 Å². The minimum absolute atomic E-state index is 0.234. The van der Waals surface area contributed by atoms with E-state index in [0.717, 1.165) is 12.2 Å². The van der Waals surface area contributed by atoms with Crippen LogP contribution in [0, 0.1) is 0 Å². The molecule has 13 heavy (non-hydrogen) atoms. The fourth-order valence-corrected chi connectivity index (χ4v) is 1.60. The fourth-order valence-electron chi connectivity index (χ4n) is 0.702. The van der Waals surface area contributed by atoms with Gasteiger partial charge in [0.15, 0.2) is 5.16 Å². The summed E-state index contributed by atoms with van der Waals surface area (Å²) in [6.07, 6.45) is 1.09. The van der Waals surface area contributed by atoms with Crippen molar-refractivity contribution in [3.8, 4) is 0 Å². The molecule has 1 N–H and O–H groups in total. The SMILES string of the molecule is CCCSc1nc(Cl)nc(NC)n1. The second kappa shape index (κ2) is 5.24. The molecule has 1 heterocycles. The van der Waals surface area contributed by atoms with Gasteiger partial charge in [0.25, 0.3) is 0 Å². The third-order valence-electron chi connectivity index (χ3n) is 1.25. The van der Waals surface area contributed by atoms with Crippen LogP contribution < -0.4 is 5.32 Å². The van der Waals surface area contributed by atoms with Gasteiger partial charge >= 0.3 is 0 Å². The van der Waals surface area contributed by atoms with Crippen LogP contribution in [0.1, 0.15) is 13.3 Å². The first-order valence-electron chi connectivity index (χ1n) is 3.98. The van der Waals surface area contributed by atoms with Crippen LogP contribution in [-0.4, -0.2) is 27.8 Å². The molecule has 1 aromatic heterocycles. The van der Waals surface area contributed by atoms with Gasteiger partial charge in [-0.1, -0.05) is 18.7 Å². The lowest BCUT2D eigenvalue weighted by Gasteiger charge is -2.01. The van der Waals surface area contributed by atoms with Gasteiger partial charge in [0, 0.05) is 12.8 Å². The quantitative estimate of drug-likeness (QED) is 0.785. The number of rotatable bonds is 4. The Morgan fingerprint density at radius 1 is 1.38 bits per heavy atom. The summed E-state index contributed by atoms with van der Waals surface area (Å²) in [6, 6.07) is 0. The van der Waals surface area contributed by atoms with Gasteiger partial charge in [-0.3, -0.25) is 0 Å². The molecule has 0 amide bonds. The number of hydrogen-bond donors (Lipinski definition) is 1. The fraction of sp³-hybridized carbons (Fsp3) is 0.571. The Bertz CT molecular complexity index is 281. The summed E-state index contributed by atoms with van der Waals surface area (Å²) in [7, 11) is 1.75. The molecule has 6 heteroatoms. The Labute approximate surface area is 86.5 Å². The standard InChI is InChI=1S/C7H11ClN4S/c1-3-4-13-7-11-5(8)10-6(9-2)12-7/h3-4H2,1-2H3,(H,9,10,11,12). The van der Waals surface area contributed by atoms with E-state index < -0.39 is 0 Å². The normalized spacial score (nSPS) is 10.1. The monoisotopic (exact) mass is 218 g/mol. The van der Waals surface area contributed by atoms with Crippen LogP contribution in [-0.2, 0) is 0 Å². The van der Waals surface area contributed by atoms with Crippen molar-refractivity contribution < 1.29 is 0 Å². The van der Waals surface area contributed by atoms with Crippen molar-refractivity contribution in [3.05, 3.63) is 5.28 Å². The van der Waals surface area contributed by atoms with Crippen LogP contribution in [0.5, 0.6) is 0 Å². The zero-order chi connectivity index (χ0) is 9.68. The first-order chi connectivity index (χ1) is 6.26. The van der Waals surface area contributed by atoms with Gasteiger partial charge in [-0.25, -0.2) is 0 Å². The number of nitrogens with zero attached hydrogens (tertiary/aromatic N) is 3. The number of anilines is 1. The highest BCUT2D eigenvalue weighted by atomic mass is 35.5. The lowest BCUT2D eigenvalue weighted by Crippen LogP contribution is -2.00. The number of hydrogen-bond acceptors (Lipinski definition) is 5. The van der Waals surface area contributed by atoms with Gasteiger partial charge in [-0.15, -0.1) is 0 Å². The van der Waals surface area contributed by atoms with Crippen molar-refractivity contribution in [2.24, 2.45) is 0 Å². The lowest BCUT2D eigenvalue weighted by molar-refractivity contribution is 0.906. The molecular formula is C7H11ClN4S. The molecule has 0 fully saturated rings. The molecule has 4 nitrogen and oxygen atoms in total. The minimum Gasteiger partial charge on any atom is -0.357 e.